The Kier molecular flexibility index (Phi) is 6.42. The summed E-state index contributed by atoms with van der Waals surface area (Å²) in [4.78, 5) is 0.708. The van der Waals surface area contributed by atoms with Crippen molar-refractivity contribution in [2.75, 3.05) is 19.5 Å². The minimum Gasteiger partial charge on any atom is -0.497 e. The first-order valence-electron chi connectivity index (χ1n) is 13.0. The molecule has 2 aromatic heterocycles. The molecule has 38 heavy (non-hydrogen) atoms. The predicted octanol–water partition coefficient (Wildman–Crippen LogP) is 7.52. The van der Waals surface area contributed by atoms with E-state index in [1.165, 1.54) is 28.0 Å². The SMILES string of the molecule is COc1ccc(-c2c3c4n(c(-c5ccc(OC)cc5)cn4c2C(=S)Nc2ccc(C)cc2)CCCC3)cc1. The first-order chi connectivity index (χ1) is 18.6. The largest absolute Gasteiger partial charge is 0.497 e. The number of hydrogen-bond acceptors (Lipinski definition) is 3. The summed E-state index contributed by atoms with van der Waals surface area (Å²) in [6.45, 7) is 3.06. The van der Waals surface area contributed by atoms with Crippen LogP contribution in [0.4, 0.5) is 5.69 Å². The number of hydrogen-bond donors (Lipinski definition) is 1. The lowest BCUT2D eigenvalue weighted by Crippen LogP contribution is -2.14. The molecule has 0 atom stereocenters. The summed E-state index contributed by atoms with van der Waals surface area (Å²) in [6, 6.07) is 25.0. The molecule has 192 valence electrons. The fourth-order valence-corrected chi connectivity index (χ4v) is 5.82. The summed E-state index contributed by atoms with van der Waals surface area (Å²) in [5.41, 5.74) is 10.5. The third kappa shape index (κ3) is 4.25. The highest BCUT2D eigenvalue weighted by atomic mass is 32.1. The number of rotatable bonds is 6. The molecule has 3 aromatic carbocycles. The minimum atomic E-state index is 0.708. The van der Waals surface area contributed by atoms with Gasteiger partial charge < -0.3 is 19.4 Å². The zero-order valence-corrected chi connectivity index (χ0v) is 22.8. The van der Waals surface area contributed by atoms with Crippen molar-refractivity contribution >= 4 is 28.5 Å². The lowest BCUT2D eigenvalue weighted by molar-refractivity contribution is 0.415. The number of nitrogens with zero attached hydrogens (tertiary/aromatic N) is 2. The fourth-order valence-electron chi connectivity index (χ4n) is 5.50. The third-order valence-corrected chi connectivity index (χ3v) is 7.72. The molecule has 0 aliphatic carbocycles. The van der Waals surface area contributed by atoms with Gasteiger partial charge in [-0.2, -0.15) is 0 Å². The molecule has 0 radical (unpaired) electrons. The summed E-state index contributed by atoms with van der Waals surface area (Å²) in [5.74, 6) is 1.70. The van der Waals surface area contributed by atoms with Gasteiger partial charge in [-0.15, -0.1) is 0 Å². The molecular formula is C32H31N3O2S. The third-order valence-electron chi connectivity index (χ3n) is 7.42. The first kappa shape index (κ1) is 24.3. The summed E-state index contributed by atoms with van der Waals surface area (Å²) in [5, 5.41) is 3.53. The molecule has 1 aliphatic heterocycles. The normalized spacial score (nSPS) is 12.8. The average molecular weight is 522 g/mol. The number of aromatic nitrogens is 2. The molecule has 1 N–H and O–H groups in total. The van der Waals surface area contributed by atoms with E-state index in [4.69, 9.17) is 21.7 Å². The standard InChI is InChI=1S/C32H31N3O2S/c1-21-7-13-24(14-8-21)33-31(38)30-29(23-11-17-26(37-3)18-12-23)27-6-4-5-19-34-28(20-35(30)32(27)34)22-9-15-25(36-2)16-10-22/h7-18,20H,4-6,19H2,1-3H3,(H,33,38). The zero-order valence-electron chi connectivity index (χ0n) is 22.0. The van der Waals surface area contributed by atoms with Crippen LogP contribution in [0.25, 0.3) is 28.0 Å². The van der Waals surface area contributed by atoms with Gasteiger partial charge in [0.2, 0.25) is 0 Å². The smallest absolute Gasteiger partial charge is 0.128 e. The fraction of sp³-hybridized carbons (Fsp3) is 0.219. The Morgan fingerprint density at radius 3 is 2.08 bits per heavy atom. The highest BCUT2D eigenvalue weighted by molar-refractivity contribution is 7.81. The maximum absolute atomic E-state index is 6.13. The van der Waals surface area contributed by atoms with Gasteiger partial charge in [-0.1, -0.05) is 42.0 Å². The van der Waals surface area contributed by atoms with Crippen LogP contribution in [-0.2, 0) is 13.0 Å². The second kappa shape index (κ2) is 10.0. The molecule has 1 aliphatic rings. The van der Waals surface area contributed by atoms with Crippen molar-refractivity contribution in [2.24, 2.45) is 0 Å². The summed E-state index contributed by atoms with van der Waals surface area (Å²) < 4.78 is 15.6. The van der Waals surface area contributed by atoms with Gasteiger partial charge in [-0.05, 0) is 85.8 Å². The summed E-state index contributed by atoms with van der Waals surface area (Å²) in [6.07, 6.45) is 5.51. The number of methoxy groups -OCH3 is 2. The molecule has 3 heterocycles. The van der Waals surface area contributed by atoms with Crippen molar-refractivity contribution in [1.82, 2.24) is 8.97 Å². The lowest BCUT2D eigenvalue weighted by atomic mass is 9.97. The monoisotopic (exact) mass is 521 g/mol. The van der Waals surface area contributed by atoms with Crippen molar-refractivity contribution in [3.8, 4) is 33.9 Å². The van der Waals surface area contributed by atoms with Crippen molar-refractivity contribution in [1.29, 1.82) is 0 Å². The number of nitrogens with one attached hydrogen (secondary N) is 1. The Labute approximate surface area is 228 Å². The van der Waals surface area contributed by atoms with Crippen LogP contribution in [0.3, 0.4) is 0 Å². The van der Waals surface area contributed by atoms with E-state index < -0.39 is 0 Å². The van der Waals surface area contributed by atoms with E-state index >= 15 is 0 Å². The van der Waals surface area contributed by atoms with E-state index in [1.807, 2.05) is 24.3 Å². The van der Waals surface area contributed by atoms with Crippen LogP contribution < -0.4 is 14.8 Å². The number of ether oxygens (including phenoxy) is 2. The second-order valence-electron chi connectivity index (χ2n) is 9.80. The van der Waals surface area contributed by atoms with E-state index in [2.05, 4.69) is 75.9 Å². The number of thiocarbonyl (C=S) groups is 1. The molecule has 0 bridgehead atoms. The Morgan fingerprint density at radius 1 is 0.816 bits per heavy atom. The molecule has 6 heteroatoms. The Morgan fingerprint density at radius 2 is 1.45 bits per heavy atom. The van der Waals surface area contributed by atoms with Crippen LogP contribution in [0.15, 0.2) is 79.0 Å². The van der Waals surface area contributed by atoms with Crippen molar-refractivity contribution in [3.05, 3.63) is 95.8 Å². The zero-order chi connectivity index (χ0) is 26.2. The van der Waals surface area contributed by atoms with Crippen LogP contribution in [-0.4, -0.2) is 28.2 Å². The van der Waals surface area contributed by atoms with Gasteiger partial charge in [-0.3, -0.25) is 4.40 Å². The quantitative estimate of drug-likeness (QED) is 0.235. The highest BCUT2D eigenvalue weighted by Gasteiger charge is 2.28. The number of aryl methyl sites for hydroxylation is 3. The molecule has 5 aromatic rings. The Hall–Kier alpha value is -4.03. The number of benzene rings is 3. The maximum Gasteiger partial charge on any atom is 0.128 e. The van der Waals surface area contributed by atoms with Crippen LogP contribution in [0.2, 0.25) is 0 Å². The molecule has 5 nitrogen and oxygen atoms in total. The maximum atomic E-state index is 6.13. The van der Waals surface area contributed by atoms with E-state index in [0.29, 0.717) is 4.99 Å². The van der Waals surface area contributed by atoms with Crippen LogP contribution in [0.5, 0.6) is 11.5 Å². The van der Waals surface area contributed by atoms with Gasteiger partial charge in [0, 0.05) is 29.6 Å². The Bertz CT molecular complexity index is 1610. The molecule has 0 amide bonds. The molecule has 0 fully saturated rings. The average Bonchev–Trinajstić information content (AvgIpc) is 3.37. The molecule has 0 spiro atoms. The topological polar surface area (TPSA) is 39.8 Å². The van der Waals surface area contributed by atoms with Crippen LogP contribution in [0, 0.1) is 6.92 Å². The van der Waals surface area contributed by atoms with Crippen molar-refractivity contribution < 1.29 is 9.47 Å². The predicted molar refractivity (Wildman–Crippen MR) is 159 cm³/mol. The van der Waals surface area contributed by atoms with Crippen LogP contribution in [0.1, 0.15) is 29.7 Å². The molecule has 6 rings (SSSR count). The van der Waals surface area contributed by atoms with Gasteiger partial charge in [0.15, 0.2) is 0 Å². The highest BCUT2D eigenvalue weighted by Crippen LogP contribution is 2.40. The van der Waals surface area contributed by atoms with Crippen LogP contribution >= 0.6 is 12.2 Å². The summed E-state index contributed by atoms with van der Waals surface area (Å²) in [7, 11) is 3.40. The summed E-state index contributed by atoms with van der Waals surface area (Å²) >= 11 is 6.13. The van der Waals surface area contributed by atoms with Gasteiger partial charge in [0.05, 0.1) is 25.6 Å². The van der Waals surface area contributed by atoms with Gasteiger partial charge in [0.1, 0.15) is 22.1 Å². The Balaban J connectivity index is 1.57. The van der Waals surface area contributed by atoms with Crippen molar-refractivity contribution in [2.45, 2.75) is 32.7 Å². The minimum absolute atomic E-state index is 0.708. The second-order valence-corrected chi connectivity index (χ2v) is 10.2. The van der Waals surface area contributed by atoms with E-state index in [9.17, 15) is 0 Å². The number of imidazole rings is 1. The van der Waals surface area contributed by atoms with Gasteiger partial charge in [-0.25, -0.2) is 0 Å². The molecule has 0 saturated heterocycles. The van der Waals surface area contributed by atoms with Gasteiger partial charge in [0.25, 0.3) is 0 Å². The lowest BCUT2D eigenvalue weighted by Gasteiger charge is -2.13. The molecule has 0 unspecified atom stereocenters. The first-order valence-corrected chi connectivity index (χ1v) is 13.4. The number of anilines is 1. The van der Waals surface area contributed by atoms with E-state index in [0.717, 1.165) is 59.8 Å². The molecular weight excluding hydrogens is 490 g/mol. The van der Waals surface area contributed by atoms with Gasteiger partial charge >= 0.3 is 0 Å². The van der Waals surface area contributed by atoms with E-state index in [-0.39, 0.29) is 0 Å². The van der Waals surface area contributed by atoms with Crippen molar-refractivity contribution in [3.63, 3.8) is 0 Å². The van der Waals surface area contributed by atoms with E-state index in [1.54, 1.807) is 14.2 Å². The molecule has 0 saturated carbocycles.